The minimum atomic E-state index is -4.26. The molecule has 0 saturated heterocycles. The molecule has 0 atom stereocenters. The van der Waals surface area contributed by atoms with Gasteiger partial charge in [0.05, 0.1) is 27.3 Å². The molecule has 0 unspecified atom stereocenters. The van der Waals surface area contributed by atoms with Crippen LogP contribution in [0.1, 0.15) is 0 Å². The zero-order chi connectivity index (χ0) is 19.3. The van der Waals surface area contributed by atoms with Crippen molar-refractivity contribution in [2.45, 2.75) is 4.90 Å². The van der Waals surface area contributed by atoms with E-state index in [0.29, 0.717) is 10.9 Å². The second-order valence-corrected chi connectivity index (χ2v) is 9.25. The van der Waals surface area contributed by atoms with Crippen LogP contribution < -0.4 is 0 Å². The Morgan fingerprint density at radius 3 is 1.79 bits per heavy atom. The van der Waals surface area contributed by atoms with Crippen LogP contribution in [0, 0.1) is 0 Å². The van der Waals surface area contributed by atoms with Gasteiger partial charge in [0.1, 0.15) is 0 Å². The number of hydrogen-bond acceptors (Lipinski definition) is 6. The molecule has 0 amide bonds. The SMILES string of the molecule is O=S(=O)(O)c1ccc2cc3nc(-c4ccsc4)c(-c4ccsc4)nc3cc2c1.[NaH]. The van der Waals surface area contributed by atoms with Crippen molar-refractivity contribution >= 4 is 84.2 Å². The van der Waals surface area contributed by atoms with Gasteiger partial charge in [-0.25, -0.2) is 9.97 Å². The van der Waals surface area contributed by atoms with E-state index in [1.165, 1.54) is 12.1 Å². The predicted octanol–water partition coefficient (Wildman–Crippen LogP) is 4.84. The van der Waals surface area contributed by atoms with Gasteiger partial charge in [0.25, 0.3) is 10.1 Å². The van der Waals surface area contributed by atoms with Crippen molar-refractivity contribution in [3.63, 3.8) is 0 Å². The molecule has 0 aliphatic heterocycles. The van der Waals surface area contributed by atoms with Crippen LogP contribution in [0.5, 0.6) is 0 Å². The number of benzene rings is 2. The van der Waals surface area contributed by atoms with Crippen molar-refractivity contribution in [1.82, 2.24) is 9.97 Å². The summed E-state index contributed by atoms with van der Waals surface area (Å²) in [4.78, 5) is 9.59. The molecule has 9 heteroatoms. The van der Waals surface area contributed by atoms with Crippen LogP contribution in [0.2, 0.25) is 0 Å². The summed E-state index contributed by atoms with van der Waals surface area (Å²) in [5, 5.41) is 9.59. The van der Waals surface area contributed by atoms with E-state index in [4.69, 9.17) is 9.97 Å². The average molecular weight is 449 g/mol. The van der Waals surface area contributed by atoms with Crippen LogP contribution in [0.3, 0.4) is 0 Å². The van der Waals surface area contributed by atoms with E-state index in [0.717, 1.165) is 33.4 Å². The molecule has 0 aliphatic carbocycles. The van der Waals surface area contributed by atoms with Crippen molar-refractivity contribution in [1.29, 1.82) is 0 Å². The molecule has 0 bridgehead atoms. The Balaban J connectivity index is 0.00000205. The zero-order valence-electron chi connectivity index (χ0n) is 14.2. The zero-order valence-corrected chi connectivity index (χ0v) is 16.7. The Bertz CT molecular complexity index is 1430. The van der Waals surface area contributed by atoms with Crippen molar-refractivity contribution in [2.75, 3.05) is 0 Å². The molecular weight excluding hydrogens is 435 g/mol. The van der Waals surface area contributed by atoms with Gasteiger partial charge in [-0.05, 0) is 57.9 Å². The molecule has 5 aromatic rings. The fourth-order valence-electron chi connectivity index (χ4n) is 3.14. The van der Waals surface area contributed by atoms with Gasteiger partial charge in [0, 0.05) is 21.9 Å². The van der Waals surface area contributed by atoms with E-state index in [1.807, 2.05) is 39.7 Å². The number of fused-ring (bicyclic) bond motifs is 2. The number of rotatable bonds is 3. The Labute approximate surface area is 197 Å². The third kappa shape index (κ3) is 3.89. The van der Waals surface area contributed by atoms with Crippen molar-refractivity contribution < 1.29 is 13.0 Å². The van der Waals surface area contributed by atoms with Crippen LogP contribution >= 0.6 is 22.7 Å². The maximum atomic E-state index is 11.5. The minimum absolute atomic E-state index is 0. The van der Waals surface area contributed by atoms with Crippen LogP contribution in [0.25, 0.3) is 44.3 Å². The average Bonchev–Trinajstić information content (AvgIpc) is 3.37. The van der Waals surface area contributed by atoms with E-state index in [-0.39, 0.29) is 34.5 Å². The van der Waals surface area contributed by atoms with Crippen LogP contribution in [0.15, 0.2) is 68.9 Å². The van der Waals surface area contributed by atoms with Crippen molar-refractivity contribution in [3.05, 3.63) is 64.0 Å². The van der Waals surface area contributed by atoms with Gasteiger partial charge in [0.2, 0.25) is 0 Å². The first-order chi connectivity index (χ1) is 13.5. The van der Waals surface area contributed by atoms with Gasteiger partial charge in [-0.2, -0.15) is 31.1 Å². The van der Waals surface area contributed by atoms with E-state index >= 15 is 0 Å². The van der Waals surface area contributed by atoms with Gasteiger partial charge >= 0.3 is 29.6 Å². The maximum absolute atomic E-state index is 11.5. The third-order valence-electron chi connectivity index (χ3n) is 4.48. The van der Waals surface area contributed by atoms with Crippen LogP contribution in [0.4, 0.5) is 0 Å². The quantitative estimate of drug-likeness (QED) is 0.243. The Morgan fingerprint density at radius 1 is 0.759 bits per heavy atom. The van der Waals surface area contributed by atoms with Crippen molar-refractivity contribution in [3.8, 4) is 22.5 Å². The Kier molecular flexibility index (Phi) is 5.60. The Hall–Kier alpha value is -1.65. The summed E-state index contributed by atoms with van der Waals surface area (Å²) in [6.07, 6.45) is 0. The molecule has 3 aromatic heterocycles. The van der Waals surface area contributed by atoms with E-state index in [2.05, 4.69) is 0 Å². The number of aromatic nitrogens is 2. The molecule has 0 spiro atoms. The first-order valence-electron chi connectivity index (χ1n) is 8.27. The molecule has 5 rings (SSSR count). The van der Waals surface area contributed by atoms with Gasteiger partial charge in [-0.1, -0.05) is 6.07 Å². The molecule has 3 heterocycles. The molecule has 0 aliphatic rings. The van der Waals surface area contributed by atoms with Crippen LogP contribution in [-0.2, 0) is 10.1 Å². The standard InChI is InChI=1S/C20H12N2O3S3.Na.H/c23-28(24,25)16-2-1-12-8-17-18(9-15(12)7-16)22-20(14-4-6-27-11-14)19(21-17)13-3-5-26-10-13;;/h1-11H,(H,23,24,25);;. The molecule has 140 valence electrons. The summed E-state index contributed by atoms with van der Waals surface area (Å²) in [7, 11) is -4.26. The summed E-state index contributed by atoms with van der Waals surface area (Å²) >= 11 is 3.20. The summed E-state index contributed by atoms with van der Waals surface area (Å²) < 4.78 is 32.2. The van der Waals surface area contributed by atoms with Gasteiger partial charge < -0.3 is 0 Å². The first kappa shape index (κ1) is 20.6. The molecule has 5 nitrogen and oxygen atoms in total. The number of nitrogens with zero attached hydrogens (tertiary/aromatic N) is 2. The molecular formula is C20H13N2NaO3S3. The fourth-order valence-corrected chi connectivity index (χ4v) is 4.94. The van der Waals surface area contributed by atoms with Gasteiger partial charge in [-0.3, -0.25) is 4.55 Å². The first-order valence-corrected chi connectivity index (χ1v) is 11.6. The topological polar surface area (TPSA) is 80.2 Å². The van der Waals surface area contributed by atoms with E-state index in [1.54, 1.807) is 34.8 Å². The molecule has 0 radical (unpaired) electrons. The molecule has 1 N–H and O–H groups in total. The molecule has 0 fully saturated rings. The number of hydrogen-bond donors (Lipinski definition) is 1. The third-order valence-corrected chi connectivity index (χ3v) is 6.70. The second kappa shape index (κ2) is 7.88. The summed E-state index contributed by atoms with van der Waals surface area (Å²) in [6, 6.07) is 12.2. The second-order valence-electron chi connectivity index (χ2n) is 6.27. The van der Waals surface area contributed by atoms with E-state index in [9.17, 15) is 13.0 Å². The number of thiophene rings is 2. The normalized spacial score (nSPS) is 11.6. The van der Waals surface area contributed by atoms with Gasteiger partial charge in [0.15, 0.2) is 0 Å². The predicted molar refractivity (Wildman–Crippen MR) is 121 cm³/mol. The molecule has 0 saturated carbocycles. The molecule has 2 aromatic carbocycles. The molecule has 29 heavy (non-hydrogen) atoms. The van der Waals surface area contributed by atoms with Crippen molar-refractivity contribution in [2.24, 2.45) is 0 Å². The van der Waals surface area contributed by atoms with Crippen LogP contribution in [-0.4, -0.2) is 52.5 Å². The monoisotopic (exact) mass is 448 g/mol. The fraction of sp³-hybridized carbons (Fsp3) is 0. The van der Waals surface area contributed by atoms with Gasteiger partial charge in [-0.15, -0.1) is 0 Å². The summed E-state index contributed by atoms with van der Waals surface area (Å²) in [5.74, 6) is 0. The van der Waals surface area contributed by atoms with E-state index < -0.39 is 10.1 Å². The summed E-state index contributed by atoms with van der Waals surface area (Å²) in [6.45, 7) is 0. The summed E-state index contributed by atoms with van der Waals surface area (Å²) in [5.41, 5.74) is 5.01. The Morgan fingerprint density at radius 2 is 1.31 bits per heavy atom.